The summed E-state index contributed by atoms with van der Waals surface area (Å²) in [7, 11) is -5.13. The molecule has 0 aliphatic carbocycles. The molecule has 0 saturated heterocycles. The number of rotatable bonds is 8. The van der Waals surface area contributed by atoms with E-state index in [1.54, 1.807) is 0 Å². The van der Waals surface area contributed by atoms with Crippen molar-refractivity contribution in [3.05, 3.63) is 0 Å². The summed E-state index contributed by atoms with van der Waals surface area (Å²) in [4.78, 5) is 10.9. The Morgan fingerprint density at radius 2 is 1.48 bits per heavy atom. The zero-order chi connectivity index (χ0) is 16.9. The van der Waals surface area contributed by atoms with Gasteiger partial charge in [-0.15, -0.1) is 0 Å². The van der Waals surface area contributed by atoms with E-state index < -0.39 is 51.2 Å². The number of carboxylic acid groups (broad SMARTS) is 1. The molecule has 12 heteroatoms. The predicted molar refractivity (Wildman–Crippen MR) is 58.0 cm³/mol. The SMILES string of the molecule is CCCC(C(=O)O)P(=O)(OCC(F)(F)F)OCC(F)(F)F. The molecule has 1 N–H and O–H groups in total. The van der Waals surface area contributed by atoms with Crippen LogP contribution in [0.25, 0.3) is 0 Å². The maximum atomic E-state index is 12.0. The Balaban J connectivity index is 5.21. The second-order valence-corrected chi connectivity index (χ2v) is 6.18. The molecule has 0 aliphatic heterocycles. The third-order valence-corrected chi connectivity index (χ3v) is 4.27. The molecule has 0 rings (SSSR count). The van der Waals surface area contributed by atoms with Crippen LogP contribution in [0, 0.1) is 0 Å². The lowest BCUT2D eigenvalue weighted by Crippen LogP contribution is -2.28. The van der Waals surface area contributed by atoms with Crippen LogP contribution in [0.2, 0.25) is 0 Å². The van der Waals surface area contributed by atoms with E-state index in [1.165, 1.54) is 6.92 Å². The fraction of sp³-hybridized carbons (Fsp3) is 0.889. The van der Waals surface area contributed by atoms with Crippen LogP contribution in [0.15, 0.2) is 0 Å². The van der Waals surface area contributed by atoms with Crippen molar-refractivity contribution in [3.8, 4) is 0 Å². The van der Waals surface area contributed by atoms with Crippen LogP contribution in [0.3, 0.4) is 0 Å². The first-order valence-corrected chi connectivity index (χ1v) is 7.17. The van der Waals surface area contributed by atoms with E-state index in [0.29, 0.717) is 0 Å². The fourth-order valence-corrected chi connectivity index (χ4v) is 3.17. The van der Waals surface area contributed by atoms with Crippen LogP contribution in [-0.4, -0.2) is 42.3 Å². The Kier molecular flexibility index (Phi) is 7.17. The van der Waals surface area contributed by atoms with Gasteiger partial charge in [-0.3, -0.25) is 18.4 Å². The van der Waals surface area contributed by atoms with E-state index >= 15 is 0 Å². The third kappa shape index (κ3) is 8.27. The average Bonchev–Trinajstić information content (AvgIpc) is 2.29. The van der Waals surface area contributed by atoms with Crippen LogP contribution in [-0.2, 0) is 18.4 Å². The van der Waals surface area contributed by atoms with E-state index in [-0.39, 0.29) is 6.42 Å². The summed E-state index contributed by atoms with van der Waals surface area (Å²) >= 11 is 0. The Morgan fingerprint density at radius 1 is 1.10 bits per heavy atom. The van der Waals surface area contributed by atoms with Gasteiger partial charge in [0.25, 0.3) is 0 Å². The quantitative estimate of drug-likeness (QED) is 0.537. The molecular weight excluding hydrogens is 333 g/mol. The van der Waals surface area contributed by atoms with Crippen LogP contribution in [0.1, 0.15) is 19.8 Å². The number of halogens is 6. The fourth-order valence-electron chi connectivity index (χ4n) is 1.23. The minimum Gasteiger partial charge on any atom is -0.481 e. The summed E-state index contributed by atoms with van der Waals surface area (Å²) in [6.45, 7) is -2.93. The van der Waals surface area contributed by atoms with Gasteiger partial charge in [0.15, 0.2) is 18.9 Å². The molecule has 1 atom stereocenters. The number of hydrogen-bond acceptors (Lipinski definition) is 4. The van der Waals surface area contributed by atoms with Crippen molar-refractivity contribution < 1.29 is 49.9 Å². The standard InChI is InChI=1S/C9H13F6O5P/c1-2-3-6(7(16)17)21(18,19-4-8(10,11)12)20-5-9(13,14)15/h6H,2-5H2,1H3,(H,16,17). The third-order valence-electron chi connectivity index (χ3n) is 2.05. The lowest BCUT2D eigenvalue weighted by molar-refractivity contribution is -0.167. The number of carboxylic acids is 1. The van der Waals surface area contributed by atoms with E-state index in [0.717, 1.165) is 0 Å². The lowest BCUT2D eigenvalue weighted by Gasteiger charge is -2.25. The summed E-state index contributed by atoms with van der Waals surface area (Å²) in [6.07, 6.45) is -10.4. The molecule has 0 spiro atoms. The van der Waals surface area contributed by atoms with Crippen molar-refractivity contribution in [1.82, 2.24) is 0 Å². The molecule has 1 unspecified atom stereocenters. The highest BCUT2D eigenvalue weighted by atomic mass is 31.2. The van der Waals surface area contributed by atoms with Crippen LogP contribution < -0.4 is 0 Å². The molecule has 5 nitrogen and oxygen atoms in total. The van der Waals surface area contributed by atoms with Gasteiger partial charge in [0.2, 0.25) is 0 Å². The maximum absolute atomic E-state index is 12.0. The first-order chi connectivity index (χ1) is 9.31. The molecule has 0 bridgehead atoms. The second kappa shape index (κ2) is 7.46. The normalized spacial score (nSPS) is 15.0. The van der Waals surface area contributed by atoms with Crippen LogP contribution in [0.5, 0.6) is 0 Å². The minimum atomic E-state index is -5.13. The van der Waals surface area contributed by atoms with Gasteiger partial charge in [0.1, 0.15) is 0 Å². The summed E-state index contributed by atoms with van der Waals surface area (Å²) < 4.78 is 92.0. The van der Waals surface area contributed by atoms with Gasteiger partial charge >= 0.3 is 25.9 Å². The predicted octanol–water partition coefficient (Wildman–Crippen LogP) is 3.59. The summed E-state index contributed by atoms with van der Waals surface area (Å²) in [6, 6.07) is 0. The van der Waals surface area contributed by atoms with Gasteiger partial charge in [-0.1, -0.05) is 13.3 Å². The van der Waals surface area contributed by atoms with Crippen molar-refractivity contribution in [2.24, 2.45) is 0 Å². The molecule has 0 aliphatic rings. The highest BCUT2D eigenvalue weighted by Gasteiger charge is 2.46. The number of carbonyl (C=O) groups is 1. The van der Waals surface area contributed by atoms with Gasteiger partial charge in [0.05, 0.1) is 0 Å². The van der Waals surface area contributed by atoms with Gasteiger partial charge in [-0.2, -0.15) is 26.3 Å². The maximum Gasteiger partial charge on any atom is 0.412 e. The van der Waals surface area contributed by atoms with Crippen molar-refractivity contribution in [2.75, 3.05) is 13.2 Å². The van der Waals surface area contributed by atoms with Gasteiger partial charge in [-0.25, -0.2) is 0 Å². The molecule has 0 aromatic carbocycles. The Morgan fingerprint density at radius 3 is 1.71 bits per heavy atom. The smallest absolute Gasteiger partial charge is 0.412 e. The largest absolute Gasteiger partial charge is 0.481 e. The molecular formula is C9H13F6O5P. The summed E-state index contributed by atoms with van der Waals surface area (Å²) in [5.74, 6) is -1.86. The average molecular weight is 346 g/mol. The molecule has 0 amide bonds. The molecule has 0 saturated carbocycles. The van der Waals surface area contributed by atoms with Gasteiger partial charge in [0, 0.05) is 0 Å². The van der Waals surface area contributed by atoms with Gasteiger partial charge < -0.3 is 5.11 Å². The van der Waals surface area contributed by atoms with E-state index in [9.17, 15) is 35.7 Å². The lowest BCUT2D eigenvalue weighted by atomic mass is 10.2. The van der Waals surface area contributed by atoms with Crippen molar-refractivity contribution in [2.45, 2.75) is 37.8 Å². The van der Waals surface area contributed by atoms with E-state index in [1.807, 2.05) is 0 Å². The van der Waals surface area contributed by atoms with Crippen molar-refractivity contribution in [1.29, 1.82) is 0 Å². The van der Waals surface area contributed by atoms with Crippen LogP contribution in [0.4, 0.5) is 26.3 Å². The Labute approximate surface area is 115 Å². The second-order valence-electron chi connectivity index (χ2n) is 3.96. The minimum absolute atomic E-state index is 0.0473. The molecule has 21 heavy (non-hydrogen) atoms. The van der Waals surface area contributed by atoms with Crippen molar-refractivity contribution >= 4 is 13.6 Å². The first kappa shape index (κ1) is 20.2. The topological polar surface area (TPSA) is 72.8 Å². The summed E-state index contributed by atoms with van der Waals surface area (Å²) in [5.41, 5.74) is -2.10. The number of alkyl halides is 6. The zero-order valence-electron chi connectivity index (χ0n) is 10.7. The first-order valence-electron chi connectivity index (χ1n) is 5.56. The molecule has 0 aromatic heterocycles. The van der Waals surface area contributed by atoms with E-state index in [2.05, 4.69) is 9.05 Å². The van der Waals surface area contributed by atoms with E-state index in [4.69, 9.17) is 5.11 Å². The number of aliphatic carboxylic acids is 1. The summed E-state index contributed by atoms with van der Waals surface area (Å²) in [5, 5.41) is 8.80. The Hall–Kier alpha value is -0.800. The monoisotopic (exact) mass is 346 g/mol. The molecule has 0 heterocycles. The molecule has 0 aromatic rings. The highest BCUT2D eigenvalue weighted by molar-refractivity contribution is 7.55. The van der Waals surface area contributed by atoms with Gasteiger partial charge in [-0.05, 0) is 6.42 Å². The zero-order valence-corrected chi connectivity index (χ0v) is 11.6. The van der Waals surface area contributed by atoms with Crippen molar-refractivity contribution in [3.63, 3.8) is 0 Å². The molecule has 0 fully saturated rings. The molecule has 126 valence electrons. The highest BCUT2D eigenvalue weighted by Crippen LogP contribution is 2.56. The Bertz CT molecular complexity index is 371. The number of hydrogen-bond donors (Lipinski definition) is 1. The van der Waals surface area contributed by atoms with Crippen LogP contribution >= 0.6 is 7.60 Å². The molecule has 0 radical (unpaired) electrons.